The number of carbonyl (C=O) groups excluding carboxylic acids is 1. The quantitative estimate of drug-likeness (QED) is 0.795. The van der Waals surface area contributed by atoms with E-state index in [0.29, 0.717) is 19.0 Å². The van der Waals surface area contributed by atoms with Gasteiger partial charge in [-0.15, -0.1) is 0 Å². The average Bonchev–Trinajstić information content (AvgIpc) is 2.93. The maximum atomic E-state index is 12.2. The molecule has 152 valence electrons. The summed E-state index contributed by atoms with van der Waals surface area (Å²) in [6.45, 7) is 9.21. The number of hydrogen-bond donors (Lipinski definition) is 1. The topological polar surface area (TPSA) is 50.2 Å². The van der Waals surface area contributed by atoms with E-state index in [9.17, 15) is 4.79 Å². The highest BCUT2D eigenvalue weighted by atomic mass is 16.1. The van der Waals surface area contributed by atoms with Crippen LogP contribution < -0.4 is 5.32 Å². The van der Waals surface area contributed by atoms with E-state index in [4.69, 9.17) is 0 Å². The first kappa shape index (κ1) is 20.6. The van der Waals surface area contributed by atoms with E-state index >= 15 is 0 Å². The normalized spacial score (nSPS) is 17.6. The van der Waals surface area contributed by atoms with Crippen LogP contribution in [0.15, 0.2) is 24.3 Å². The third-order valence-electron chi connectivity index (χ3n) is 6.10. The van der Waals surface area contributed by atoms with Crippen molar-refractivity contribution >= 4 is 5.91 Å². The molecule has 2 aromatic rings. The molecule has 1 amide bonds. The van der Waals surface area contributed by atoms with Crippen molar-refractivity contribution in [2.75, 3.05) is 6.54 Å². The first-order valence-electron chi connectivity index (χ1n) is 10.5. The van der Waals surface area contributed by atoms with Crippen LogP contribution in [0, 0.1) is 13.8 Å². The highest BCUT2D eigenvalue weighted by Gasteiger charge is 2.18. The van der Waals surface area contributed by atoms with E-state index in [0.717, 1.165) is 29.9 Å². The molecular formula is C23H34N4O. The van der Waals surface area contributed by atoms with E-state index < -0.39 is 0 Å². The summed E-state index contributed by atoms with van der Waals surface area (Å²) in [7, 11) is 1.95. The van der Waals surface area contributed by atoms with Crippen molar-refractivity contribution in [3.63, 3.8) is 0 Å². The molecule has 0 bridgehead atoms. The molecule has 5 nitrogen and oxygen atoms in total. The summed E-state index contributed by atoms with van der Waals surface area (Å²) in [5.41, 5.74) is 5.85. The van der Waals surface area contributed by atoms with Gasteiger partial charge in [-0.3, -0.25) is 14.4 Å². The summed E-state index contributed by atoms with van der Waals surface area (Å²) in [5, 5.41) is 7.46. The molecule has 28 heavy (non-hydrogen) atoms. The summed E-state index contributed by atoms with van der Waals surface area (Å²) in [5.74, 6) is 0.0915. The van der Waals surface area contributed by atoms with Crippen molar-refractivity contribution in [3.8, 4) is 0 Å². The van der Waals surface area contributed by atoms with Crippen LogP contribution in [-0.4, -0.2) is 33.2 Å². The fraction of sp³-hybridized carbons (Fsp3) is 0.565. The number of likely N-dealkylation sites (tertiary alicyclic amines) is 1. The highest BCUT2D eigenvalue weighted by molar-refractivity contribution is 5.76. The summed E-state index contributed by atoms with van der Waals surface area (Å²) in [6, 6.07) is 9.36. The van der Waals surface area contributed by atoms with Crippen LogP contribution in [0.2, 0.25) is 0 Å². The van der Waals surface area contributed by atoms with E-state index in [1.807, 2.05) is 18.7 Å². The Hall–Kier alpha value is -2.14. The van der Waals surface area contributed by atoms with Crippen LogP contribution >= 0.6 is 0 Å². The lowest BCUT2D eigenvalue weighted by Gasteiger charge is -2.33. The number of aryl methyl sites for hydroxylation is 2. The fourth-order valence-corrected chi connectivity index (χ4v) is 4.10. The summed E-state index contributed by atoms with van der Waals surface area (Å²) in [6.07, 6.45) is 5.22. The van der Waals surface area contributed by atoms with Crippen LogP contribution in [0.4, 0.5) is 0 Å². The maximum absolute atomic E-state index is 12.2. The SMILES string of the molecule is Cc1nn(C)c(C)c1CCC(=O)NCc1ccc(CN2CCCCC2C)cc1. The molecule has 1 unspecified atom stereocenters. The zero-order valence-corrected chi connectivity index (χ0v) is 17.8. The molecule has 5 heteroatoms. The Labute approximate surface area is 169 Å². The molecule has 0 radical (unpaired) electrons. The predicted octanol–water partition coefficient (Wildman–Crippen LogP) is 3.66. The molecule has 0 spiro atoms. The van der Waals surface area contributed by atoms with Crippen molar-refractivity contribution in [1.82, 2.24) is 20.0 Å². The van der Waals surface area contributed by atoms with Gasteiger partial charge in [0.05, 0.1) is 5.69 Å². The number of benzene rings is 1. The maximum Gasteiger partial charge on any atom is 0.220 e. The van der Waals surface area contributed by atoms with Crippen molar-refractivity contribution in [2.45, 2.75) is 72.0 Å². The molecule has 3 rings (SSSR count). The Morgan fingerprint density at radius 1 is 1.18 bits per heavy atom. The first-order valence-corrected chi connectivity index (χ1v) is 10.5. The molecule has 1 aliphatic rings. The van der Waals surface area contributed by atoms with Gasteiger partial charge in [-0.25, -0.2) is 0 Å². The Morgan fingerprint density at radius 3 is 2.54 bits per heavy atom. The Kier molecular flexibility index (Phi) is 6.89. The second-order valence-electron chi connectivity index (χ2n) is 8.18. The smallest absolute Gasteiger partial charge is 0.220 e. The van der Waals surface area contributed by atoms with Gasteiger partial charge in [0.15, 0.2) is 0 Å². The summed E-state index contributed by atoms with van der Waals surface area (Å²) < 4.78 is 1.88. The molecule has 2 heterocycles. The number of piperidine rings is 1. The zero-order valence-electron chi connectivity index (χ0n) is 17.8. The third kappa shape index (κ3) is 5.22. The first-order chi connectivity index (χ1) is 13.4. The molecule has 0 aliphatic carbocycles. The van der Waals surface area contributed by atoms with Crippen LogP contribution in [0.25, 0.3) is 0 Å². The van der Waals surface area contributed by atoms with E-state index in [2.05, 4.69) is 53.4 Å². The second kappa shape index (κ2) is 9.37. The van der Waals surface area contributed by atoms with Crippen molar-refractivity contribution < 1.29 is 4.79 Å². The number of aromatic nitrogens is 2. The number of nitrogens with one attached hydrogen (secondary N) is 1. The van der Waals surface area contributed by atoms with Gasteiger partial charge in [-0.05, 0) is 63.3 Å². The Bertz CT molecular complexity index is 794. The van der Waals surface area contributed by atoms with Gasteiger partial charge in [0.25, 0.3) is 0 Å². The van der Waals surface area contributed by atoms with E-state index in [1.165, 1.54) is 36.9 Å². The molecule has 1 N–H and O–H groups in total. The molecule has 1 aliphatic heterocycles. The number of hydrogen-bond acceptors (Lipinski definition) is 3. The van der Waals surface area contributed by atoms with Gasteiger partial charge < -0.3 is 5.32 Å². The minimum absolute atomic E-state index is 0.0915. The molecule has 1 fully saturated rings. The van der Waals surface area contributed by atoms with Crippen LogP contribution in [-0.2, 0) is 31.4 Å². The zero-order chi connectivity index (χ0) is 20.1. The van der Waals surface area contributed by atoms with E-state index in [-0.39, 0.29) is 5.91 Å². The molecule has 1 atom stereocenters. The van der Waals surface area contributed by atoms with E-state index in [1.54, 1.807) is 0 Å². The number of carbonyl (C=O) groups is 1. The highest BCUT2D eigenvalue weighted by Crippen LogP contribution is 2.19. The minimum Gasteiger partial charge on any atom is -0.352 e. The van der Waals surface area contributed by atoms with Gasteiger partial charge >= 0.3 is 0 Å². The number of amides is 1. The van der Waals surface area contributed by atoms with Crippen LogP contribution in [0.5, 0.6) is 0 Å². The standard InChI is InChI=1S/C23H34N4O/c1-17-7-5-6-14-27(17)16-21-10-8-20(9-11-21)15-24-23(28)13-12-22-18(2)25-26(4)19(22)3/h8-11,17H,5-7,12-16H2,1-4H3,(H,24,28). The lowest BCUT2D eigenvalue weighted by Crippen LogP contribution is -2.36. The Balaban J connectivity index is 1.44. The molecule has 1 aromatic heterocycles. The molecule has 0 saturated carbocycles. The molecular weight excluding hydrogens is 348 g/mol. The molecule has 1 saturated heterocycles. The fourth-order valence-electron chi connectivity index (χ4n) is 4.10. The molecule has 1 aromatic carbocycles. The van der Waals surface area contributed by atoms with Crippen molar-refractivity contribution in [1.29, 1.82) is 0 Å². The lowest BCUT2D eigenvalue weighted by molar-refractivity contribution is -0.121. The summed E-state index contributed by atoms with van der Waals surface area (Å²) in [4.78, 5) is 14.8. The predicted molar refractivity (Wildman–Crippen MR) is 113 cm³/mol. The number of nitrogens with zero attached hydrogens (tertiary/aromatic N) is 3. The minimum atomic E-state index is 0.0915. The van der Waals surface area contributed by atoms with Crippen molar-refractivity contribution in [3.05, 3.63) is 52.3 Å². The van der Waals surface area contributed by atoms with Gasteiger partial charge in [0.2, 0.25) is 5.91 Å². The monoisotopic (exact) mass is 382 g/mol. The lowest BCUT2D eigenvalue weighted by atomic mass is 10.0. The second-order valence-corrected chi connectivity index (χ2v) is 8.18. The van der Waals surface area contributed by atoms with Crippen LogP contribution in [0.1, 0.15) is 60.7 Å². The van der Waals surface area contributed by atoms with Gasteiger partial charge in [0.1, 0.15) is 0 Å². The van der Waals surface area contributed by atoms with Gasteiger partial charge in [-0.2, -0.15) is 5.10 Å². The Morgan fingerprint density at radius 2 is 1.89 bits per heavy atom. The third-order valence-corrected chi connectivity index (χ3v) is 6.10. The van der Waals surface area contributed by atoms with Gasteiger partial charge in [-0.1, -0.05) is 30.7 Å². The van der Waals surface area contributed by atoms with Gasteiger partial charge in [0, 0.05) is 38.3 Å². The summed E-state index contributed by atoms with van der Waals surface area (Å²) >= 11 is 0. The van der Waals surface area contributed by atoms with Crippen molar-refractivity contribution in [2.24, 2.45) is 7.05 Å². The number of rotatable bonds is 7. The largest absolute Gasteiger partial charge is 0.352 e. The van der Waals surface area contributed by atoms with Crippen LogP contribution in [0.3, 0.4) is 0 Å². The average molecular weight is 383 g/mol.